The summed E-state index contributed by atoms with van der Waals surface area (Å²) in [6.07, 6.45) is -10.4. The highest BCUT2D eigenvalue weighted by atomic mass is 35.5. The van der Waals surface area contributed by atoms with Crippen molar-refractivity contribution in [1.29, 1.82) is 0 Å². The quantitative estimate of drug-likeness (QED) is 0.214. The van der Waals surface area contributed by atoms with Crippen molar-refractivity contribution in [2.75, 3.05) is 13.1 Å². The number of hydrogen-bond acceptors (Lipinski definition) is 2. The number of allylic oxidation sites excluding steroid dienone is 1. The normalized spacial score (nSPS) is 13.7. The average Bonchev–Trinajstić information content (AvgIpc) is 2.85. The number of alkyl halides is 8. The van der Waals surface area contributed by atoms with E-state index in [1.165, 1.54) is 5.32 Å². The van der Waals surface area contributed by atoms with Crippen molar-refractivity contribution >= 4 is 52.4 Å². The molecule has 0 saturated heterocycles. The Balaban J connectivity index is 2.45. The fourth-order valence-electron chi connectivity index (χ4n) is 3.32. The molecule has 16 heteroatoms. The minimum atomic E-state index is -5.26. The van der Waals surface area contributed by atoms with E-state index in [9.17, 15) is 44.7 Å². The van der Waals surface area contributed by atoms with Crippen molar-refractivity contribution in [1.82, 2.24) is 10.6 Å². The Morgan fingerprint density at radius 3 is 2.00 bits per heavy atom. The van der Waals surface area contributed by atoms with Crippen molar-refractivity contribution in [3.63, 3.8) is 0 Å². The van der Waals surface area contributed by atoms with Crippen LogP contribution in [-0.2, 0) is 11.0 Å². The SMILES string of the molecule is CCC(F)(F)C(/C=C(\F)c1ccc(C(=O)NCC(=O)NCC(F)(F)F)c(C(F)(F)F)c1)c1cc(Cl)c(Cl)c(Cl)c1. The third kappa shape index (κ3) is 8.93. The van der Waals surface area contributed by atoms with Crippen LogP contribution in [0.25, 0.3) is 5.83 Å². The molecule has 0 radical (unpaired) electrons. The molecule has 0 aliphatic heterocycles. The Morgan fingerprint density at radius 1 is 0.925 bits per heavy atom. The van der Waals surface area contributed by atoms with Crippen LogP contribution in [0, 0.1) is 0 Å². The second-order valence-corrected chi connectivity index (χ2v) is 9.43. The molecule has 2 rings (SSSR count). The molecule has 0 fully saturated rings. The minimum absolute atomic E-state index is 0.156. The number of rotatable bonds is 9. The van der Waals surface area contributed by atoms with E-state index in [4.69, 9.17) is 34.8 Å². The van der Waals surface area contributed by atoms with Gasteiger partial charge in [-0.2, -0.15) is 26.3 Å². The zero-order valence-corrected chi connectivity index (χ0v) is 22.3. The van der Waals surface area contributed by atoms with E-state index < -0.39 is 78.0 Å². The second kappa shape index (κ2) is 12.9. The zero-order valence-electron chi connectivity index (χ0n) is 20.0. The van der Waals surface area contributed by atoms with Gasteiger partial charge in [-0.25, -0.2) is 13.2 Å². The Labute approximate surface area is 236 Å². The Hall–Kier alpha value is -2.64. The molecule has 2 amide bonds. The molecule has 0 aliphatic rings. The van der Waals surface area contributed by atoms with Gasteiger partial charge >= 0.3 is 12.4 Å². The average molecular weight is 644 g/mol. The Morgan fingerprint density at radius 2 is 1.50 bits per heavy atom. The van der Waals surface area contributed by atoms with Crippen molar-refractivity contribution in [2.24, 2.45) is 0 Å². The lowest BCUT2D eigenvalue weighted by molar-refractivity contribution is -0.138. The Bertz CT molecular complexity index is 1270. The smallest absolute Gasteiger partial charge is 0.345 e. The fraction of sp³-hybridized carbons (Fsp3) is 0.333. The van der Waals surface area contributed by atoms with Gasteiger partial charge in [-0.1, -0.05) is 47.8 Å². The summed E-state index contributed by atoms with van der Waals surface area (Å²) in [7, 11) is 0. The lowest BCUT2D eigenvalue weighted by atomic mass is 9.89. The summed E-state index contributed by atoms with van der Waals surface area (Å²) in [5, 5.41) is 2.54. The lowest BCUT2D eigenvalue weighted by Crippen LogP contribution is -2.41. The van der Waals surface area contributed by atoms with Gasteiger partial charge in [0.25, 0.3) is 11.8 Å². The summed E-state index contributed by atoms with van der Waals surface area (Å²) < 4.78 is 122. The summed E-state index contributed by atoms with van der Waals surface area (Å²) in [4.78, 5) is 23.7. The van der Waals surface area contributed by atoms with Crippen LogP contribution in [-0.4, -0.2) is 37.0 Å². The number of hydrogen-bond donors (Lipinski definition) is 2. The molecule has 1 atom stereocenters. The topological polar surface area (TPSA) is 58.2 Å². The number of carbonyl (C=O) groups excluding carboxylic acids is 2. The van der Waals surface area contributed by atoms with E-state index in [0.29, 0.717) is 18.2 Å². The van der Waals surface area contributed by atoms with E-state index in [2.05, 4.69) is 0 Å². The van der Waals surface area contributed by atoms with Crippen molar-refractivity contribution in [3.8, 4) is 0 Å². The molecule has 40 heavy (non-hydrogen) atoms. The molecule has 1 unspecified atom stereocenters. The molecule has 220 valence electrons. The summed E-state index contributed by atoms with van der Waals surface area (Å²) >= 11 is 17.6. The molecule has 4 nitrogen and oxygen atoms in total. The van der Waals surface area contributed by atoms with Crippen LogP contribution in [0.4, 0.5) is 39.5 Å². The molecule has 0 aliphatic carbocycles. The first-order valence-electron chi connectivity index (χ1n) is 11.0. The van der Waals surface area contributed by atoms with Crippen LogP contribution in [0.1, 0.15) is 46.3 Å². The monoisotopic (exact) mass is 642 g/mol. The van der Waals surface area contributed by atoms with Crippen LogP contribution >= 0.6 is 34.8 Å². The van der Waals surface area contributed by atoms with E-state index in [0.717, 1.165) is 19.1 Å². The maximum atomic E-state index is 15.2. The molecule has 2 aromatic rings. The van der Waals surface area contributed by atoms with Gasteiger partial charge in [-0.3, -0.25) is 9.59 Å². The maximum Gasteiger partial charge on any atom is 0.417 e. The molecule has 0 heterocycles. The van der Waals surface area contributed by atoms with Crippen LogP contribution in [0.15, 0.2) is 36.4 Å². The molecule has 0 saturated carbocycles. The van der Waals surface area contributed by atoms with Gasteiger partial charge in [0, 0.05) is 12.0 Å². The van der Waals surface area contributed by atoms with Crippen molar-refractivity contribution < 1.29 is 49.1 Å². The largest absolute Gasteiger partial charge is 0.417 e. The predicted octanol–water partition coefficient (Wildman–Crippen LogP) is 8.21. The van der Waals surface area contributed by atoms with Gasteiger partial charge < -0.3 is 10.6 Å². The van der Waals surface area contributed by atoms with Crippen LogP contribution < -0.4 is 10.6 Å². The number of benzene rings is 2. The van der Waals surface area contributed by atoms with E-state index in [1.807, 2.05) is 0 Å². The summed E-state index contributed by atoms with van der Waals surface area (Å²) in [5.74, 6) is -10.0. The predicted molar refractivity (Wildman–Crippen MR) is 131 cm³/mol. The molecule has 0 bridgehead atoms. The van der Waals surface area contributed by atoms with Crippen LogP contribution in [0.5, 0.6) is 0 Å². The van der Waals surface area contributed by atoms with Gasteiger partial charge in [0.2, 0.25) is 5.91 Å². The molecule has 2 aromatic carbocycles. The van der Waals surface area contributed by atoms with Crippen LogP contribution in [0.2, 0.25) is 15.1 Å². The minimum Gasteiger partial charge on any atom is -0.345 e. The van der Waals surface area contributed by atoms with E-state index in [1.54, 1.807) is 5.32 Å². The van der Waals surface area contributed by atoms with Gasteiger partial charge in [0.15, 0.2) is 0 Å². The number of amides is 2. The lowest BCUT2D eigenvalue weighted by Gasteiger charge is -2.24. The van der Waals surface area contributed by atoms with Crippen LogP contribution in [0.3, 0.4) is 0 Å². The van der Waals surface area contributed by atoms with E-state index in [-0.39, 0.29) is 26.7 Å². The molecular weight excluding hydrogens is 626 g/mol. The van der Waals surface area contributed by atoms with Crippen molar-refractivity contribution in [2.45, 2.75) is 37.5 Å². The molecule has 0 aromatic heterocycles. The van der Waals surface area contributed by atoms with Gasteiger partial charge in [0.1, 0.15) is 12.4 Å². The van der Waals surface area contributed by atoms with E-state index >= 15 is 4.39 Å². The number of halogens is 12. The standard InChI is InChI=1S/C24H18Cl3F9N2O2/c1-2-22(29,30)14(12-6-16(25)20(27)17(26)7-12)8-18(28)11-3-4-13(15(5-11)24(34,35)36)21(40)37-9-19(39)38-10-23(31,32)33/h3-8,14H,2,9-10H2,1H3,(H,37,40)(H,38,39)/b18-8-. The maximum absolute atomic E-state index is 15.2. The number of nitrogens with one attached hydrogen (secondary N) is 2. The van der Waals surface area contributed by atoms with Crippen molar-refractivity contribution in [3.05, 3.63) is 73.7 Å². The third-order valence-corrected chi connectivity index (χ3v) is 6.54. The highest BCUT2D eigenvalue weighted by molar-refractivity contribution is 6.48. The molecule has 0 spiro atoms. The van der Waals surface area contributed by atoms with Gasteiger partial charge in [-0.15, -0.1) is 0 Å². The second-order valence-electron chi connectivity index (χ2n) is 8.24. The third-order valence-electron chi connectivity index (χ3n) is 5.35. The highest BCUT2D eigenvalue weighted by Gasteiger charge is 2.39. The first-order valence-corrected chi connectivity index (χ1v) is 12.1. The fourth-order valence-corrected chi connectivity index (χ4v) is 3.93. The Kier molecular flexibility index (Phi) is 10.8. The molecular formula is C24H18Cl3F9N2O2. The summed E-state index contributed by atoms with van der Waals surface area (Å²) in [5.41, 5.74) is -3.90. The van der Waals surface area contributed by atoms with Gasteiger partial charge in [0.05, 0.1) is 38.7 Å². The summed E-state index contributed by atoms with van der Waals surface area (Å²) in [6, 6.07) is 3.42. The highest BCUT2D eigenvalue weighted by Crippen LogP contribution is 2.43. The molecule has 2 N–H and O–H groups in total. The first-order chi connectivity index (χ1) is 18.3. The van der Waals surface area contributed by atoms with Gasteiger partial charge in [-0.05, 0) is 35.9 Å². The first kappa shape index (κ1) is 33.6. The zero-order chi connectivity index (χ0) is 30.6. The number of carbonyl (C=O) groups is 2. The summed E-state index contributed by atoms with van der Waals surface area (Å²) in [6.45, 7) is -1.74.